The summed E-state index contributed by atoms with van der Waals surface area (Å²) in [5.74, 6) is -0.129. The molecule has 1 amide bonds. The van der Waals surface area contributed by atoms with E-state index in [0.29, 0.717) is 24.2 Å². The summed E-state index contributed by atoms with van der Waals surface area (Å²) in [7, 11) is 0. The van der Waals surface area contributed by atoms with Gasteiger partial charge in [-0.05, 0) is 46.2 Å². The molecule has 0 saturated heterocycles. The number of aromatic nitrogens is 1. The van der Waals surface area contributed by atoms with Crippen molar-refractivity contribution in [2.24, 2.45) is 5.16 Å². The van der Waals surface area contributed by atoms with E-state index >= 15 is 0 Å². The number of hydrogen-bond acceptors (Lipinski definition) is 7. The third kappa shape index (κ3) is 5.44. The molecule has 8 nitrogen and oxygen atoms in total. The number of ether oxygens (including phenoxy) is 2. The van der Waals surface area contributed by atoms with E-state index in [1.807, 2.05) is 0 Å². The molecule has 1 aliphatic heterocycles. The van der Waals surface area contributed by atoms with Crippen molar-refractivity contribution in [2.75, 3.05) is 11.9 Å². The second kappa shape index (κ2) is 7.96. The van der Waals surface area contributed by atoms with Gasteiger partial charge in [0.2, 0.25) is 0 Å². The monoisotopic (exact) mass is 349 g/mol. The van der Waals surface area contributed by atoms with Crippen molar-refractivity contribution >= 4 is 23.6 Å². The van der Waals surface area contributed by atoms with Crippen molar-refractivity contribution in [1.29, 1.82) is 0 Å². The lowest BCUT2D eigenvalue weighted by molar-refractivity contribution is -0.135. The quantitative estimate of drug-likeness (QED) is 0.838. The SMILES string of the molecule is CCOC(=O)C1=NOC(c2cccnc2NC(=O)OC(C)(C)C)CC1. The Labute approximate surface area is 146 Å². The van der Waals surface area contributed by atoms with Crippen molar-refractivity contribution in [3.63, 3.8) is 0 Å². The Morgan fingerprint density at radius 3 is 2.76 bits per heavy atom. The van der Waals surface area contributed by atoms with Gasteiger partial charge < -0.3 is 14.3 Å². The van der Waals surface area contributed by atoms with Crippen LogP contribution in [0.15, 0.2) is 23.5 Å². The maximum Gasteiger partial charge on any atom is 0.413 e. The first-order valence-electron chi connectivity index (χ1n) is 8.15. The number of pyridine rings is 1. The van der Waals surface area contributed by atoms with Crippen LogP contribution in [-0.2, 0) is 19.1 Å². The van der Waals surface area contributed by atoms with Crippen LogP contribution in [0.25, 0.3) is 0 Å². The minimum absolute atomic E-state index is 0.253. The maximum atomic E-state index is 12.0. The molecule has 2 heterocycles. The number of anilines is 1. The molecule has 0 saturated carbocycles. The van der Waals surface area contributed by atoms with Crippen molar-refractivity contribution in [3.8, 4) is 0 Å². The van der Waals surface area contributed by atoms with Crippen LogP contribution in [-0.4, -0.2) is 35.0 Å². The van der Waals surface area contributed by atoms with Crippen LogP contribution in [0.2, 0.25) is 0 Å². The van der Waals surface area contributed by atoms with Gasteiger partial charge >= 0.3 is 12.1 Å². The molecule has 1 atom stereocenters. The van der Waals surface area contributed by atoms with E-state index in [-0.39, 0.29) is 12.3 Å². The minimum atomic E-state index is -0.612. The Bertz CT molecular complexity index is 666. The van der Waals surface area contributed by atoms with Gasteiger partial charge in [0.15, 0.2) is 11.8 Å². The second-order valence-electron chi connectivity index (χ2n) is 6.46. The van der Waals surface area contributed by atoms with Gasteiger partial charge in [-0.15, -0.1) is 0 Å². The smallest absolute Gasteiger partial charge is 0.413 e. The Hall–Kier alpha value is -2.64. The molecule has 0 aliphatic carbocycles. The first-order chi connectivity index (χ1) is 11.8. The molecule has 1 aromatic rings. The Kier molecular flexibility index (Phi) is 5.95. The normalized spacial score (nSPS) is 17.1. The van der Waals surface area contributed by atoms with E-state index in [0.717, 1.165) is 0 Å². The number of esters is 1. The van der Waals surface area contributed by atoms with E-state index < -0.39 is 23.8 Å². The number of carbonyl (C=O) groups excluding carboxylic acids is 2. The van der Waals surface area contributed by atoms with Gasteiger partial charge in [0, 0.05) is 18.2 Å². The molecule has 0 radical (unpaired) electrons. The first-order valence-corrected chi connectivity index (χ1v) is 8.15. The standard InChI is InChI=1S/C17H23N3O5/c1-5-23-15(21)12-8-9-13(25-20-12)11-7-6-10-18-14(11)19-16(22)24-17(2,3)4/h6-7,10,13H,5,8-9H2,1-4H3,(H,18,19,22). The van der Waals surface area contributed by atoms with E-state index in [9.17, 15) is 9.59 Å². The lowest BCUT2D eigenvalue weighted by Crippen LogP contribution is -2.28. The predicted molar refractivity (Wildman–Crippen MR) is 91.2 cm³/mol. The number of nitrogens with zero attached hydrogens (tertiary/aromatic N) is 2. The maximum absolute atomic E-state index is 12.0. The van der Waals surface area contributed by atoms with E-state index in [4.69, 9.17) is 14.3 Å². The van der Waals surface area contributed by atoms with Crippen LogP contribution < -0.4 is 5.32 Å². The summed E-state index contributed by atoms with van der Waals surface area (Å²) in [6.45, 7) is 7.36. The summed E-state index contributed by atoms with van der Waals surface area (Å²) in [6, 6.07) is 3.53. The topological polar surface area (TPSA) is 99.1 Å². The van der Waals surface area contributed by atoms with Crippen molar-refractivity contribution < 1.29 is 23.9 Å². The summed E-state index contributed by atoms with van der Waals surface area (Å²) in [4.78, 5) is 33.2. The molecular formula is C17H23N3O5. The fourth-order valence-electron chi connectivity index (χ4n) is 2.24. The summed E-state index contributed by atoms with van der Waals surface area (Å²) in [5.41, 5.74) is 0.308. The number of nitrogens with one attached hydrogen (secondary N) is 1. The number of carbonyl (C=O) groups is 2. The molecule has 0 bridgehead atoms. The van der Waals surface area contributed by atoms with Crippen molar-refractivity contribution in [1.82, 2.24) is 4.98 Å². The lowest BCUT2D eigenvalue weighted by atomic mass is 10.0. The van der Waals surface area contributed by atoms with Crippen LogP contribution >= 0.6 is 0 Å². The highest BCUT2D eigenvalue weighted by molar-refractivity contribution is 6.36. The van der Waals surface area contributed by atoms with Gasteiger partial charge in [-0.3, -0.25) is 5.32 Å². The van der Waals surface area contributed by atoms with Crippen LogP contribution in [0.1, 0.15) is 52.2 Å². The van der Waals surface area contributed by atoms with Gasteiger partial charge in [-0.25, -0.2) is 14.6 Å². The highest BCUT2D eigenvalue weighted by Crippen LogP contribution is 2.31. The molecule has 136 valence electrons. The summed E-state index contributed by atoms with van der Waals surface area (Å²) in [5, 5.41) is 6.48. The second-order valence-corrected chi connectivity index (χ2v) is 6.46. The molecule has 8 heteroatoms. The highest BCUT2D eigenvalue weighted by Gasteiger charge is 2.27. The highest BCUT2D eigenvalue weighted by atomic mass is 16.6. The Morgan fingerprint density at radius 2 is 2.16 bits per heavy atom. The van der Waals surface area contributed by atoms with E-state index in [2.05, 4.69) is 15.5 Å². The zero-order chi connectivity index (χ0) is 18.4. The first kappa shape index (κ1) is 18.7. The van der Waals surface area contributed by atoms with Crippen LogP contribution in [0, 0.1) is 0 Å². The van der Waals surface area contributed by atoms with Crippen LogP contribution in [0.5, 0.6) is 0 Å². The van der Waals surface area contributed by atoms with Crippen molar-refractivity contribution in [3.05, 3.63) is 23.9 Å². The minimum Gasteiger partial charge on any atom is -0.461 e. The number of oxime groups is 1. The van der Waals surface area contributed by atoms with Gasteiger partial charge in [0.05, 0.1) is 6.61 Å². The largest absolute Gasteiger partial charge is 0.461 e. The number of rotatable bonds is 4. The summed E-state index contributed by atoms with van der Waals surface area (Å²) in [6.07, 6.45) is 1.49. The fraction of sp³-hybridized carbons (Fsp3) is 0.529. The molecule has 25 heavy (non-hydrogen) atoms. The Balaban J connectivity index is 2.09. The molecule has 0 aromatic carbocycles. The van der Waals surface area contributed by atoms with Gasteiger partial charge in [0.1, 0.15) is 11.4 Å². The Morgan fingerprint density at radius 1 is 1.40 bits per heavy atom. The third-order valence-corrected chi connectivity index (χ3v) is 3.25. The van der Waals surface area contributed by atoms with Crippen LogP contribution in [0.3, 0.4) is 0 Å². The van der Waals surface area contributed by atoms with E-state index in [1.54, 1.807) is 46.0 Å². The molecule has 0 fully saturated rings. The van der Waals surface area contributed by atoms with Crippen molar-refractivity contribution in [2.45, 2.75) is 52.2 Å². The number of hydrogen-bond donors (Lipinski definition) is 1. The van der Waals surface area contributed by atoms with Gasteiger partial charge in [0.25, 0.3) is 0 Å². The molecule has 1 N–H and O–H groups in total. The van der Waals surface area contributed by atoms with Gasteiger partial charge in [-0.1, -0.05) is 5.16 Å². The van der Waals surface area contributed by atoms with Crippen LogP contribution in [0.4, 0.5) is 10.6 Å². The molecule has 1 aromatic heterocycles. The van der Waals surface area contributed by atoms with E-state index in [1.165, 1.54) is 0 Å². The molecule has 1 unspecified atom stereocenters. The zero-order valence-electron chi connectivity index (χ0n) is 14.9. The van der Waals surface area contributed by atoms with Gasteiger partial charge in [-0.2, -0.15) is 0 Å². The third-order valence-electron chi connectivity index (χ3n) is 3.25. The molecule has 0 spiro atoms. The average Bonchev–Trinajstić information content (AvgIpc) is 2.54. The predicted octanol–water partition coefficient (Wildman–Crippen LogP) is 3.20. The fourth-order valence-corrected chi connectivity index (χ4v) is 2.24. The average molecular weight is 349 g/mol. The lowest BCUT2D eigenvalue weighted by Gasteiger charge is -2.23. The number of amides is 1. The summed E-state index contributed by atoms with van der Waals surface area (Å²) < 4.78 is 10.1. The molecular weight excluding hydrogens is 326 g/mol. The summed E-state index contributed by atoms with van der Waals surface area (Å²) >= 11 is 0. The zero-order valence-corrected chi connectivity index (χ0v) is 14.9. The molecule has 2 rings (SSSR count). The molecule has 1 aliphatic rings.